The van der Waals surface area contributed by atoms with Gasteiger partial charge in [-0.1, -0.05) is 19.1 Å². The number of ether oxygens (including phenoxy) is 2. The predicted octanol–water partition coefficient (Wildman–Crippen LogP) is 0.0181. The second-order valence-electron chi connectivity index (χ2n) is 5.68. The van der Waals surface area contributed by atoms with E-state index in [4.69, 9.17) is 9.29 Å². The lowest BCUT2D eigenvalue weighted by molar-refractivity contribution is -0.143. The second kappa shape index (κ2) is 8.54. The molecule has 1 rings (SSSR count). The van der Waals surface area contributed by atoms with Crippen LogP contribution in [0.4, 0.5) is 0 Å². The molecule has 4 unspecified atom stereocenters. The molecule has 1 aliphatic rings. The van der Waals surface area contributed by atoms with Crippen LogP contribution in [0.5, 0.6) is 0 Å². The van der Waals surface area contributed by atoms with Gasteiger partial charge >= 0.3 is 5.97 Å². The summed E-state index contributed by atoms with van der Waals surface area (Å²) in [5.74, 6) is -3.55. The number of amides is 2. The molecule has 1 saturated heterocycles. The maximum Gasteiger partial charge on any atom is 0.326 e. The Labute approximate surface area is 146 Å². The van der Waals surface area contributed by atoms with Gasteiger partial charge in [0.2, 0.25) is 11.8 Å². The average Bonchev–Trinajstić information content (AvgIpc) is 2.75. The van der Waals surface area contributed by atoms with Crippen LogP contribution in [0.1, 0.15) is 20.3 Å². The van der Waals surface area contributed by atoms with Gasteiger partial charge in [-0.15, -0.1) is 0 Å². The number of allylic oxidation sites excluding steroid dienone is 1. The summed E-state index contributed by atoms with van der Waals surface area (Å²) >= 11 is 0. The van der Waals surface area contributed by atoms with Gasteiger partial charge in [-0.25, -0.2) is 0 Å². The molecule has 1 fully saturated rings. The van der Waals surface area contributed by atoms with Crippen LogP contribution in [-0.4, -0.2) is 67.8 Å². The Balaban J connectivity index is 2.97. The minimum Gasteiger partial charge on any atom is -0.468 e. The quantitative estimate of drug-likeness (QED) is 0.271. The van der Waals surface area contributed by atoms with Crippen LogP contribution in [0.2, 0.25) is 0 Å². The van der Waals surface area contributed by atoms with Gasteiger partial charge in [-0.2, -0.15) is 8.42 Å². The highest BCUT2D eigenvalue weighted by Crippen LogP contribution is 2.31. The fourth-order valence-corrected chi connectivity index (χ4v) is 3.59. The number of esters is 1. The molecular formula is C15H23NO8S. The molecule has 2 amide bonds. The lowest BCUT2D eigenvalue weighted by atomic mass is 9.91. The van der Waals surface area contributed by atoms with Gasteiger partial charge in [0, 0.05) is 13.7 Å². The number of likely N-dealkylation sites (tertiary alicyclic amines) is 1. The van der Waals surface area contributed by atoms with E-state index in [2.05, 4.69) is 4.74 Å². The molecule has 4 atom stereocenters. The van der Waals surface area contributed by atoms with E-state index in [1.165, 1.54) is 7.11 Å². The zero-order valence-corrected chi connectivity index (χ0v) is 15.4. The molecule has 0 aromatic heterocycles. The van der Waals surface area contributed by atoms with Gasteiger partial charge in [0.05, 0.1) is 25.0 Å². The number of imide groups is 1. The standard InChI is InChI=1S/C15H23NO8S/c1-5-6-10(23-3)12-9(2)13(17)16(14(12)18)8-7-11(15(19)24-4)25(20,21)22/h5-6,9-12H,7-8H2,1-4H3,(H,20,21,22)/b6-5-. The van der Waals surface area contributed by atoms with Crippen molar-refractivity contribution < 1.29 is 36.8 Å². The van der Waals surface area contributed by atoms with Crippen LogP contribution < -0.4 is 0 Å². The van der Waals surface area contributed by atoms with Crippen molar-refractivity contribution in [3.8, 4) is 0 Å². The van der Waals surface area contributed by atoms with Crippen molar-refractivity contribution in [1.29, 1.82) is 0 Å². The molecule has 1 heterocycles. The molecule has 1 aliphatic heterocycles. The van der Waals surface area contributed by atoms with E-state index < -0.39 is 57.5 Å². The van der Waals surface area contributed by atoms with Gasteiger partial charge < -0.3 is 9.47 Å². The van der Waals surface area contributed by atoms with Crippen molar-refractivity contribution in [3.05, 3.63) is 12.2 Å². The molecule has 0 aromatic rings. The Bertz CT molecular complexity index is 656. The molecule has 142 valence electrons. The van der Waals surface area contributed by atoms with Gasteiger partial charge in [0.25, 0.3) is 10.1 Å². The summed E-state index contributed by atoms with van der Waals surface area (Å²) in [6, 6.07) is 0. The number of methoxy groups -OCH3 is 2. The summed E-state index contributed by atoms with van der Waals surface area (Å²) in [4.78, 5) is 37.3. The Morgan fingerprint density at radius 1 is 1.32 bits per heavy atom. The molecule has 0 radical (unpaired) electrons. The molecule has 1 N–H and O–H groups in total. The highest BCUT2D eigenvalue weighted by Gasteiger charge is 2.48. The molecule has 25 heavy (non-hydrogen) atoms. The Kier molecular flexibility index (Phi) is 7.27. The van der Waals surface area contributed by atoms with Crippen LogP contribution in [0.3, 0.4) is 0 Å². The molecule has 0 spiro atoms. The molecule has 0 saturated carbocycles. The van der Waals surface area contributed by atoms with Gasteiger partial charge in [0.1, 0.15) is 0 Å². The highest BCUT2D eigenvalue weighted by molar-refractivity contribution is 7.87. The SMILES string of the molecule is C/C=C\C(OC)C1C(=O)N(CCC(C(=O)OC)S(=O)(=O)O)C(=O)C1C. The maximum atomic E-state index is 12.6. The number of rotatable bonds is 8. The number of hydrogen-bond acceptors (Lipinski definition) is 7. The minimum absolute atomic E-state index is 0.329. The van der Waals surface area contributed by atoms with Crippen LogP contribution in [0.15, 0.2) is 12.2 Å². The smallest absolute Gasteiger partial charge is 0.326 e. The normalized spacial score (nSPS) is 24.0. The third-order valence-corrected chi connectivity index (χ3v) is 5.34. The number of carbonyl (C=O) groups is 3. The first-order chi connectivity index (χ1) is 11.6. The van der Waals surface area contributed by atoms with Crippen LogP contribution in [0, 0.1) is 11.8 Å². The summed E-state index contributed by atoms with van der Waals surface area (Å²) in [6.45, 7) is 3.01. The third kappa shape index (κ3) is 4.65. The van der Waals surface area contributed by atoms with E-state index in [1.807, 2.05) is 0 Å². The Morgan fingerprint density at radius 3 is 2.36 bits per heavy atom. The first kappa shape index (κ1) is 21.3. The van der Waals surface area contributed by atoms with E-state index in [1.54, 1.807) is 26.0 Å². The van der Waals surface area contributed by atoms with Crippen LogP contribution in [-0.2, 0) is 34.0 Å². The zero-order chi connectivity index (χ0) is 19.4. The summed E-state index contributed by atoms with van der Waals surface area (Å²) in [5, 5.41) is -1.86. The lowest BCUT2D eigenvalue weighted by Crippen LogP contribution is -2.39. The van der Waals surface area contributed by atoms with Gasteiger partial charge in [-0.05, 0) is 13.3 Å². The first-order valence-electron chi connectivity index (χ1n) is 7.65. The molecule has 10 heteroatoms. The van der Waals surface area contributed by atoms with Gasteiger partial charge in [0.15, 0.2) is 5.25 Å². The Hall–Kier alpha value is -1.78. The molecule has 9 nitrogen and oxygen atoms in total. The predicted molar refractivity (Wildman–Crippen MR) is 87.0 cm³/mol. The third-order valence-electron chi connectivity index (χ3n) is 4.19. The second-order valence-corrected chi connectivity index (χ2v) is 7.28. The van der Waals surface area contributed by atoms with E-state index in [0.29, 0.717) is 0 Å². The Morgan fingerprint density at radius 2 is 1.92 bits per heavy atom. The number of nitrogens with zero attached hydrogens (tertiary/aromatic N) is 1. The van der Waals surface area contributed by atoms with Crippen molar-refractivity contribution in [3.63, 3.8) is 0 Å². The molecule has 0 aromatic carbocycles. The zero-order valence-electron chi connectivity index (χ0n) is 14.5. The first-order valence-corrected chi connectivity index (χ1v) is 9.15. The van der Waals surface area contributed by atoms with Crippen molar-refractivity contribution >= 4 is 27.9 Å². The summed E-state index contributed by atoms with van der Waals surface area (Å²) in [6.07, 6.45) is 2.31. The fraction of sp³-hybridized carbons (Fsp3) is 0.667. The van der Waals surface area contributed by atoms with Crippen molar-refractivity contribution in [2.75, 3.05) is 20.8 Å². The number of carbonyl (C=O) groups excluding carboxylic acids is 3. The average molecular weight is 377 g/mol. The van der Waals surface area contributed by atoms with E-state index in [0.717, 1.165) is 12.0 Å². The molecular weight excluding hydrogens is 354 g/mol. The van der Waals surface area contributed by atoms with Gasteiger partial charge in [-0.3, -0.25) is 23.8 Å². The van der Waals surface area contributed by atoms with Crippen LogP contribution >= 0.6 is 0 Å². The van der Waals surface area contributed by atoms with E-state index >= 15 is 0 Å². The monoisotopic (exact) mass is 377 g/mol. The summed E-state index contributed by atoms with van der Waals surface area (Å²) in [5.41, 5.74) is 0. The van der Waals surface area contributed by atoms with E-state index in [9.17, 15) is 22.8 Å². The summed E-state index contributed by atoms with van der Waals surface area (Å²) in [7, 11) is -2.32. The van der Waals surface area contributed by atoms with Crippen molar-refractivity contribution in [1.82, 2.24) is 4.90 Å². The highest BCUT2D eigenvalue weighted by atomic mass is 32.2. The largest absolute Gasteiger partial charge is 0.468 e. The fourth-order valence-electron chi connectivity index (χ4n) is 2.85. The van der Waals surface area contributed by atoms with Crippen LogP contribution in [0.25, 0.3) is 0 Å². The molecule has 0 bridgehead atoms. The van der Waals surface area contributed by atoms with Crippen molar-refractivity contribution in [2.24, 2.45) is 11.8 Å². The number of hydrogen-bond donors (Lipinski definition) is 1. The molecule has 0 aliphatic carbocycles. The lowest BCUT2D eigenvalue weighted by Gasteiger charge is -2.20. The topological polar surface area (TPSA) is 127 Å². The van der Waals surface area contributed by atoms with E-state index in [-0.39, 0.29) is 6.54 Å². The summed E-state index contributed by atoms with van der Waals surface area (Å²) < 4.78 is 41.3. The maximum absolute atomic E-state index is 12.6. The van der Waals surface area contributed by atoms with Crippen molar-refractivity contribution in [2.45, 2.75) is 31.6 Å². The minimum atomic E-state index is -4.72.